The SMILES string of the molecule is O=C(COc1cccc(C(=O)O)c1)NC1CC1. The van der Waals surface area contributed by atoms with E-state index in [4.69, 9.17) is 9.84 Å². The number of ether oxygens (including phenoxy) is 1. The van der Waals surface area contributed by atoms with Crippen molar-refractivity contribution in [2.24, 2.45) is 0 Å². The van der Waals surface area contributed by atoms with Crippen LogP contribution in [0.4, 0.5) is 0 Å². The molecule has 90 valence electrons. The number of carbonyl (C=O) groups excluding carboxylic acids is 1. The van der Waals surface area contributed by atoms with Crippen LogP contribution in [0.1, 0.15) is 23.2 Å². The van der Waals surface area contributed by atoms with Gasteiger partial charge < -0.3 is 15.2 Å². The Hall–Kier alpha value is -2.04. The number of nitrogens with one attached hydrogen (secondary N) is 1. The van der Waals surface area contributed by atoms with Gasteiger partial charge in [-0.25, -0.2) is 4.79 Å². The summed E-state index contributed by atoms with van der Waals surface area (Å²) >= 11 is 0. The second kappa shape index (κ2) is 4.86. The molecule has 5 heteroatoms. The van der Waals surface area contributed by atoms with E-state index in [1.54, 1.807) is 12.1 Å². The fourth-order valence-electron chi connectivity index (χ4n) is 1.36. The smallest absolute Gasteiger partial charge is 0.335 e. The Morgan fingerprint density at radius 2 is 2.18 bits per heavy atom. The summed E-state index contributed by atoms with van der Waals surface area (Å²) in [4.78, 5) is 22.0. The van der Waals surface area contributed by atoms with E-state index >= 15 is 0 Å². The average Bonchev–Trinajstić information content (AvgIpc) is 3.11. The molecule has 0 radical (unpaired) electrons. The van der Waals surface area contributed by atoms with E-state index in [0.29, 0.717) is 11.8 Å². The van der Waals surface area contributed by atoms with E-state index in [2.05, 4.69) is 5.32 Å². The van der Waals surface area contributed by atoms with E-state index in [1.807, 2.05) is 0 Å². The number of aromatic carboxylic acids is 1. The van der Waals surface area contributed by atoms with Gasteiger partial charge in [-0.15, -0.1) is 0 Å². The van der Waals surface area contributed by atoms with Crippen molar-refractivity contribution in [3.63, 3.8) is 0 Å². The van der Waals surface area contributed by atoms with Gasteiger partial charge in [-0.05, 0) is 31.0 Å². The Balaban J connectivity index is 1.87. The number of benzene rings is 1. The summed E-state index contributed by atoms with van der Waals surface area (Å²) in [5.74, 6) is -0.804. The van der Waals surface area contributed by atoms with Crippen LogP contribution in [-0.2, 0) is 4.79 Å². The first kappa shape index (κ1) is 11.4. The molecule has 5 nitrogen and oxygen atoms in total. The van der Waals surface area contributed by atoms with Crippen LogP contribution >= 0.6 is 0 Å². The van der Waals surface area contributed by atoms with Crippen molar-refractivity contribution in [3.05, 3.63) is 29.8 Å². The number of rotatable bonds is 5. The number of carboxylic acid groups (broad SMARTS) is 1. The van der Waals surface area contributed by atoms with Gasteiger partial charge >= 0.3 is 5.97 Å². The molecule has 1 aromatic carbocycles. The Morgan fingerprint density at radius 3 is 2.82 bits per heavy atom. The summed E-state index contributed by atoms with van der Waals surface area (Å²) in [5, 5.41) is 11.6. The molecule has 0 heterocycles. The summed E-state index contributed by atoms with van der Waals surface area (Å²) in [5.41, 5.74) is 0.144. The zero-order chi connectivity index (χ0) is 12.3. The summed E-state index contributed by atoms with van der Waals surface area (Å²) in [7, 11) is 0. The molecule has 1 fully saturated rings. The third-order valence-electron chi connectivity index (χ3n) is 2.39. The maximum absolute atomic E-state index is 11.3. The second-order valence-corrected chi connectivity index (χ2v) is 3.96. The molecule has 0 saturated heterocycles. The van der Waals surface area contributed by atoms with Crippen LogP contribution < -0.4 is 10.1 Å². The van der Waals surface area contributed by atoms with Crippen LogP contribution in [0.25, 0.3) is 0 Å². The number of carboxylic acids is 1. The maximum Gasteiger partial charge on any atom is 0.335 e. The lowest BCUT2D eigenvalue weighted by Crippen LogP contribution is -2.30. The van der Waals surface area contributed by atoms with Crippen molar-refractivity contribution >= 4 is 11.9 Å². The van der Waals surface area contributed by atoms with Crippen LogP contribution in [0.15, 0.2) is 24.3 Å². The van der Waals surface area contributed by atoms with E-state index in [9.17, 15) is 9.59 Å². The molecule has 17 heavy (non-hydrogen) atoms. The van der Waals surface area contributed by atoms with Gasteiger partial charge in [0, 0.05) is 6.04 Å². The molecular formula is C12H13NO4. The number of hydrogen-bond acceptors (Lipinski definition) is 3. The molecule has 0 atom stereocenters. The van der Waals surface area contributed by atoms with Crippen LogP contribution in [0.5, 0.6) is 5.75 Å². The highest BCUT2D eigenvalue weighted by molar-refractivity contribution is 5.88. The van der Waals surface area contributed by atoms with Gasteiger partial charge in [0.15, 0.2) is 6.61 Å². The highest BCUT2D eigenvalue weighted by Gasteiger charge is 2.23. The molecule has 1 saturated carbocycles. The van der Waals surface area contributed by atoms with Crippen molar-refractivity contribution in [2.75, 3.05) is 6.61 Å². The number of carbonyl (C=O) groups is 2. The van der Waals surface area contributed by atoms with E-state index in [-0.39, 0.29) is 18.1 Å². The Labute approximate surface area is 98.4 Å². The first-order chi connectivity index (χ1) is 8.15. The molecule has 1 aliphatic carbocycles. The fourth-order valence-corrected chi connectivity index (χ4v) is 1.36. The van der Waals surface area contributed by atoms with Crippen LogP contribution in [0.3, 0.4) is 0 Å². The first-order valence-electron chi connectivity index (χ1n) is 5.40. The monoisotopic (exact) mass is 235 g/mol. The lowest BCUT2D eigenvalue weighted by molar-refractivity contribution is -0.123. The highest BCUT2D eigenvalue weighted by atomic mass is 16.5. The van der Waals surface area contributed by atoms with Crippen LogP contribution in [-0.4, -0.2) is 29.6 Å². The Kier molecular flexibility index (Phi) is 3.27. The minimum atomic E-state index is -1.02. The Morgan fingerprint density at radius 1 is 1.41 bits per heavy atom. The zero-order valence-electron chi connectivity index (χ0n) is 9.18. The van der Waals surface area contributed by atoms with Gasteiger partial charge in [0.2, 0.25) is 0 Å². The summed E-state index contributed by atoms with van der Waals surface area (Å²) in [6.07, 6.45) is 2.06. The third kappa shape index (κ3) is 3.48. The predicted molar refractivity (Wildman–Crippen MR) is 60.1 cm³/mol. The lowest BCUT2D eigenvalue weighted by Gasteiger charge is -2.07. The average molecular weight is 235 g/mol. The summed E-state index contributed by atoms with van der Waals surface area (Å²) < 4.78 is 5.21. The maximum atomic E-state index is 11.3. The number of amides is 1. The minimum absolute atomic E-state index is 0.0838. The van der Waals surface area contributed by atoms with Gasteiger partial charge in [-0.3, -0.25) is 4.79 Å². The van der Waals surface area contributed by atoms with Gasteiger partial charge in [-0.2, -0.15) is 0 Å². The molecule has 0 spiro atoms. The van der Waals surface area contributed by atoms with Crippen molar-refractivity contribution in [1.82, 2.24) is 5.32 Å². The van der Waals surface area contributed by atoms with E-state index in [0.717, 1.165) is 12.8 Å². The topological polar surface area (TPSA) is 75.6 Å². The molecule has 0 aromatic heterocycles. The molecule has 1 aliphatic rings. The second-order valence-electron chi connectivity index (χ2n) is 3.96. The van der Waals surface area contributed by atoms with E-state index in [1.165, 1.54) is 12.1 Å². The number of hydrogen-bond donors (Lipinski definition) is 2. The normalized spacial score (nSPS) is 14.1. The third-order valence-corrected chi connectivity index (χ3v) is 2.39. The van der Waals surface area contributed by atoms with Crippen LogP contribution in [0.2, 0.25) is 0 Å². The van der Waals surface area contributed by atoms with Gasteiger partial charge in [0.05, 0.1) is 5.56 Å². The first-order valence-corrected chi connectivity index (χ1v) is 5.40. The minimum Gasteiger partial charge on any atom is -0.484 e. The molecule has 1 amide bonds. The van der Waals surface area contributed by atoms with Crippen LogP contribution in [0, 0.1) is 0 Å². The molecule has 0 bridgehead atoms. The summed E-state index contributed by atoms with van der Waals surface area (Å²) in [6.45, 7) is -0.0838. The fraction of sp³-hybridized carbons (Fsp3) is 0.333. The van der Waals surface area contributed by atoms with E-state index < -0.39 is 5.97 Å². The standard InChI is InChI=1S/C12H13NO4/c14-11(13-9-4-5-9)7-17-10-3-1-2-8(6-10)12(15)16/h1-3,6,9H,4-5,7H2,(H,13,14)(H,15,16). The molecule has 0 unspecified atom stereocenters. The molecule has 0 aliphatic heterocycles. The summed E-state index contributed by atoms with van der Waals surface area (Å²) in [6, 6.07) is 6.37. The largest absolute Gasteiger partial charge is 0.484 e. The quantitative estimate of drug-likeness (QED) is 0.799. The molecule has 1 aromatic rings. The van der Waals surface area contributed by atoms with Gasteiger partial charge in [0.1, 0.15) is 5.75 Å². The van der Waals surface area contributed by atoms with Crippen molar-refractivity contribution in [2.45, 2.75) is 18.9 Å². The van der Waals surface area contributed by atoms with Crippen molar-refractivity contribution in [1.29, 1.82) is 0 Å². The predicted octanol–water partition coefficient (Wildman–Crippen LogP) is 1.04. The Bertz CT molecular complexity index is 440. The van der Waals surface area contributed by atoms with Crippen molar-refractivity contribution < 1.29 is 19.4 Å². The lowest BCUT2D eigenvalue weighted by atomic mass is 10.2. The van der Waals surface area contributed by atoms with Gasteiger partial charge in [-0.1, -0.05) is 6.07 Å². The molecular weight excluding hydrogens is 222 g/mol. The van der Waals surface area contributed by atoms with Crippen molar-refractivity contribution in [3.8, 4) is 5.75 Å². The zero-order valence-corrected chi connectivity index (χ0v) is 9.18. The molecule has 2 N–H and O–H groups in total. The van der Waals surface area contributed by atoms with Gasteiger partial charge in [0.25, 0.3) is 5.91 Å². The highest BCUT2D eigenvalue weighted by Crippen LogP contribution is 2.18. The molecule has 2 rings (SSSR count).